The van der Waals surface area contributed by atoms with Crippen molar-refractivity contribution in [3.63, 3.8) is 0 Å². The van der Waals surface area contributed by atoms with Crippen LogP contribution in [0.5, 0.6) is 5.75 Å². The van der Waals surface area contributed by atoms with Crippen molar-refractivity contribution < 1.29 is 9.53 Å². The molecule has 190 valence electrons. The quantitative estimate of drug-likeness (QED) is 0.480. The van der Waals surface area contributed by atoms with Crippen LogP contribution in [0.1, 0.15) is 45.1 Å². The highest BCUT2D eigenvalue weighted by atomic mass is 16.5. The zero-order valence-electron chi connectivity index (χ0n) is 21.5. The molecule has 7 heteroatoms. The lowest BCUT2D eigenvalue weighted by Crippen LogP contribution is -2.37. The highest BCUT2D eigenvalue weighted by molar-refractivity contribution is 5.83. The number of carbonyl (C=O) groups excluding carboxylic acids is 1. The average molecular weight is 489 g/mol. The molecule has 36 heavy (non-hydrogen) atoms. The summed E-state index contributed by atoms with van der Waals surface area (Å²) in [7, 11) is 1.59. The molecule has 1 aromatic heterocycles. The predicted octanol–water partition coefficient (Wildman–Crippen LogP) is 4.49. The van der Waals surface area contributed by atoms with E-state index in [0.717, 1.165) is 18.5 Å². The highest BCUT2D eigenvalue weighted by Crippen LogP contribution is 2.24. The van der Waals surface area contributed by atoms with Crippen LogP contribution in [-0.4, -0.2) is 53.1 Å². The second-order valence-electron chi connectivity index (χ2n) is 9.65. The Labute approximate surface area is 212 Å². The molecular formula is C29H36N4O3. The van der Waals surface area contributed by atoms with E-state index in [2.05, 4.69) is 22.4 Å². The lowest BCUT2D eigenvalue weighted by atomic mass is 10.1. The highest BCUT2D eigenvalue weighted by Gasteiger charge is 2.17. The SMILES string of the molecule is COc1cccc(-c2nc3ccc(C=CCCN4CCCCC4)cc3c(=O)n2CC(=O)NC(C)C)c1. The first-order chi connectivity index (χ1) is 17.4. The summed E-state index contributed by atoms with van der Waals surface area (Å²) < 4.78 is 6.82. The molecule has 1 saturated heterocycles. The van der Waals surface area contributed by atoms with Gasteiger partial charge in [0.15, 0.2) is 0 Å². The van der Waals surface area contributed by atoms with Gasteiger partial charge in [0, 0.05) is 18.2 Å². The number of nitrogens with zero attached hydrogens (tertiary/aromatic N) is 3. The molecule has 0 atom stereocenters. The Bertz CT molecular complexity index is 1290. The minimum Gasteiger partial charge on any atom is -0.497 e. The van der Waals surface area contributed by atoms with E-state index in [4.69, 9.17) is 9.72 Å². The number of methoxy groups -OCH3 is 1. The third-order valence-electron chi connectivity index (χ3n) is 6.43. The number of carbonyl (C=O) groups is 1. The van der Waals surface area contributed by atoms with Gasteiger partial charge in [0.05, 0.1) is 18.0 Å². The molecule has 0 spiro atoms. The van der Waals surface area contributed by atoms with Crippen molar-refractivity contribution >= 4 is 22.9 Å². The number of benzene rings is 2. The smallest absolute Gasteiger partial charge is 0.262 e. The number of piperidine rings is 1. The molecule has 3 aromatic rings. The third kappa shape index (κ3) is 6.40. The summed E-state index contributed by atoms with van der Waals surface area (Å²) in [6.45, 7) is 7.12. The summed E-state index contributed by atoms with van der Waals surface area (Å²) in [5.74, 6) is 0.867. The maximum Gasteiger partial charge on any atom is 0.262 e. The predicted molar refractivity (Wildman–Crippen MR) is 145 cm³/mol. The maximum absolute atomic E-state index is 13.7. The largest absolute Gasteiger partial charge is 0.497 e. The Morgan fingerprint density at radius 2 is 1.94 bits per heavy atom. The number of likely N-dealkylation sites (tertiary alicyclic amines) is 1. The first-order valence-corrected chi connectivity index (χ1v) is 12.8. The van der Waals surface area contributed by atoms with Gasteiger partial charge in [-0.15, -0.1) is 0 Å². The standard InChI is InChI=1S/C29H36N4O3/c1-21(2)30-27(34)20-33-28(23-11-9-12-24(19-23)36-3)31-26-14-13-22(18-25(26)29(33)35)10-5-8-17-32-15-6-4-7-16-32/h5,9-14,18-19,21H,4,6-8,15-17,20H2,1-3H3,(H,30,34). The van der Waals surface area contributed by atoms with Crippen molar-refractivity contribution in [2.24, 2.45) is 0 Å². The topological polar surface area (TPSA) is 76.5 Å². The van der Waals surface area contributed by atoms with Crippen molar-refractivity contribution in [3.8, 4) is 17.1 Å². The van der Waals surface area contributed by atoms with Crippen LogP contribution in [0.4, 0.5) is 0 Å². The normalized spacial score (nSPS) is 14.6. The second kappa shape index (κ2) is 12.0. The first kappa shape index (κ1) is 25.6. The van der Waals surface area contributed by atoms with Gasteiger partial charge in [0.25, 0.3) is 5.56 Å². The Balaban J connectivity index is 1.66. The van der Waals surface area contributed by atoms with Crippen molar-refractivity contribution in [3.05, 3.63) is 64.5 Å². The van der Waals surface area contributed by atoms with Crippen LogP contribution in [0.3, 0.4) is 0 Å². The molecule has 2 heterocycles. The van der Waals surface area contributed by atoms with Crippen LogP contribution in [0.25, 0.3) is 28.4 Å². The number of fused-ring (bicyclic) bond motifs is 1. The monoisotopic (exact) mass is 488 g/mol. The van der Waals surface area contributed by atoms with Gasteiger partial charge in [0.2, 0.25) is 5.91 Å². The average Bonchev–Trinajstić information content (AvgIpc) is 2.88. The summed E-state index contributed by atoms with van der Waals surface area (Å²) in [4.78, 5) is 33.6. The molecule has 7 nitrogen and oxygen atoms in total. The molecule has 1 amide bonds. The first-order valence-electron chi connectivity index (χ1n) is 12.8. The van der Waals surface area contributed by atoms with Crippen molar-refractivity contribution in [2.75, 3.05) is 26.7 Å². The number of amides is 1. The van der Waals surface area contributed by atoms with Crippen LogP contribution in [0.2, 0.25) is 0 Å². The third-order valence-corrected chi connectivity index (χ3v) is 6.43. The van der Waals surface area contributed by atoms with Gasteiger partial charge >= 0.3 is 0 Å². The molecular weight excluding hydrogens is 452 g/mol. The number of nitrogens with one attached hydrogen (secondary N) is 1. The Morgan fingerprint density at radius 1 is 1.14 bits per heavy atom. The molecule has 0 saturated carbocycles. The van der Waals surface area contributed by atoms with Crippen LogP contribution in [0, 0.1) is 0 Å². The van der Waals surface area contributed by atoms with E-state index >= 15 is 0 Å². The van der Waals surface area contributed by atoms with E-state index in [1.165, 1.54) is 36.9 Å². The van der Waals surface area contributed by atoms with E-state index in [1.54, 1.807) is 7.11 Å². The van der Waals surface area contributed by atoms with E-state index < -0.39 is 0 Å². The maximum atomic E-state index is 13.7. The van der Waals surface area contributed by atoms with Gasteiger partial charge < -0.3 is 15.0 Å². The van der Waals surface area contributed by atoms with Crippen molar-refractivity contribution in [2.45, 2.75) is 52.1 Å². The van der Waals surface area contributed by atoms with Crippen molar-refractivity contribution in [1.82, 2.24) is 19.8 Å². The van der Waals surface area contributed by atoms with Gasteiger partial charge in [-0.2, -0.15) is 0 Å². The van der Waals surface area contributed by atoms with Crippen LogP contribution in [0.15, 0.2) is 53.3 Å². The molecule has 0 radical (unpaired) electrons. The molecule has 1 fully saturated rings. The molecule has 0 unspecified atom stereocenters. The lowest BCUT2D eigenvalue weighted by molar-refractivity contribution is -0.122. The van der Waals surface area contributed by atoms with Crippen LogP contribution >= 0.6 is 0 Å². The molecule has 0 aliphatic carbocycles. The van der Waals surface area contributed by atoms with Crippen molar-refractivity contribution in [1.29, 1.82) is 0 Å². The number of rotatable bonds is 9. The minimum atomic E-state index is -0.236. The van der Waals surface area contributed by atoms with E-state index in [0.29, 0.717) is 28.0 Å². The fraction of sp³-hybridized carbons (Fsp3) is 0.414. The zero-order chi connectivity index (χ0) is 25.5. The lowest BCUT2D eigenvalue weighted by Gasteiger charge is -2.25. The molecule has 4 rings (SSSR count). The molecule has 2 aromatic carbocycles. The zero-order valence-corrected chi connectivity index (χ0v) is 21.5. The molecule has 0 bridgehead atoms. The van der Waals surface area contributed by atoms with Crippen LogP contribution in [-0.2, 0) is 11.3 Å². The number of aromatic nitrogens is 2. The van der Waals surface area contributed by atoms with Gasteiger partial charge in [-0.3, -0.25) is 14.2 Å². The fourth-order valence-electron chi connectivity index (χ4n) is 4.64. The van der Waals surface area contributed by atoms with Gasteiger partial charge in [0.1, 0.15) is 18.1 Å². The summed E-state index contributed by atoms with van der Waals surface area (Å²) in [5.41, 5.74) is 2.03. The van der Waals surface area contributed by atoms with Gasteiger partial charge in [-0.05, 0) is 76.0 Å². The summed E-state index contributed by atoms with van der Waals surface area (Å²) in [5, 5.41) is 3.37. The summed E-state index contributed by atoms with van der Waals surface area (Å²) in [6.07, 6.45) is 9.14. The Morgan fingerprint density at radius 3 is 2.69 bits per heavy atom. The molecule has 1 N–H and O–H groups in total. The van der Waals surface area contributed by atoms with Crippen LogP contribution < -0.4 is 15.6 Å². The minimum absolute atomic E-state index is 0.0245. The van der Waals surface area contributed by atoms with E-state index in [1.807, 2.05) is 56.3 Å². The van der Waals surface area contributed by atoms with E-state index in [9.17, 15) is 9.59 Å². The fourth-order valence-corrected chi connectivity index (χ4v) is 4.64. The number of ether oxygens (including phenoxy) is 1. The van der Waals surface area contributed by atoms with Gasteiger partial charge in [-0.1, -0.05) is 36.8 Å². The summed E-state index contributed by atoms with van der Waals surface area (Å²) in [6, 6.07) is 13.1. The molecule has 1 aliphatic heterocycles. The number of hydrogen-bond acceptors (Lipinski definition) is 5. The van der Waals surface area contributed by atoms with E-state index in [-0.39, 0.29) is 24.1 Å². The number of hydrogen-bond donors (Lipinski definition) is 1. The Kier molecular flexibility index (Phi) is 8.54. The molecule has 1 aliphatic rings. The van der Waals surface area contributed by atoms with Gasteiger partial charge in [-0.25, -0.2) is 4.98 Å². The second-order valence-corrected chi connectivity index (χ2v) is 9.65. The summed E-state index contributed by atoms with van der Waals surface area (Å²) >= 11 is 0. The Hall–Kier alpha value is -3.45.